The summed E-state index contributed by atoms with van der Waals surface area (Å²) in [5, 5.41) is 5.10. The molecular formula is C25H26F2N4O3. The predicted molar refractivity (Wildman–Crippen MR) is 123 cm³/mol. The Morgan fingerprint density at radius 2 is 1.71 bits per heavy atom. The first-order valence-corrected chi connectivity index (χ1v) is 11.3. The molecule has 0 N–H and O–H groups in total. The number of carbonyl (C=O) groups excluding carboxylic acids is 1. The summed E-state index contributed by atoms with van der Waals surface area (Å²) in [6, 6.07) is 6.19. The van der Waals surface area contributed by atoms with Crippen molar-refractivity contribution >= 4 is 28.1 Å². The summed E-state index contributed by atoms with van der Waals surface area (Å²) < 4.78 is 42.2. The normalized spacial score (nSPS) is 15.4. The Hall–Kier alpha value is -3.49. The Balaban J connectivity index is 1.39. The maximum absolute atomic E-state index is 15.0. The summed E-state index contributed by atoms with van der Waals surface area (Å²) in [6.45, 7) is 8.26. The number of ether oxygens (including phenoxy) is 1. The van der Waals surface area contributed by atoms with Gasteiger partial charge in [0.2, 0.25) is 0 Å². The van der Waals surface area contributed by atoms with Gasteiger partial charge in [-0.3, -0.25) is 4.68 Å². The molecule has 34 heavy (non-hydrogen) atoms. The van der Waals surface area contributed by atoms with E-state index in [2.05, 4.69) is 10.1 Å². The van der Waals surface area contributed by atoms with Crippen LogP contribution in [0.25, 0.3) is 33.1 Å². The van der Waals surface area contributed by atoms with Crippen LogP contribution in [0.1, 0.15) is 45.5 Å². The minimum absolute atomic E-state index is 0.0416. The van der Waals surface area contributed by atoms with Gasteiger partial charge in [-0.05, 0) is 69.0 Å². The average Bonchev–Trinajstić information content (AvgIpc) is 3.36. The molecule has 1 fully saturated rings. The zero-order valence-electron chi connectivity index (χ0n) is 19.6. The average molecular weight is 469 g/mol. The fourth-order valence-corrected chi connectivity index (χ4v) is 4.37. The van der Waals surface area contributed by atoms with Gasteiger partial charge in [-0.25, -0.2) is 18.6 Å². The first kappa shape index (κ1) is 22.3. The molecule has 0 atom stereocenters. The molecule has 3 heterocycles. The number of nitrogens with zero attached hydrogens (tertiary/aromatic N) is 4. The van der Waals surface area contributed by atoms with E-state index in [0.29, 0.717) is 53.9 Å². The number of hydrogen-bond acceptors (Lipinski definition) is 5. The van der Waals surface area contributed by atoms with Crippen LogP contribution in [-0.2, 0) is 4.74 Å². The number of oxazole rings is 1. The third-order valence-electron chi connectivity index (χ3n) is 5.96. The molecule has 1 amide bonds. The number of piperidine rings is 1. The van der Waals surface area contributed by atoms with Crippen LogP contribution in [-0.4, -0.2) is 44.4 Å². The molecule has 1 aliphatic rings. The second-order valence-corrected chi connectivity index (χ2v) is 9.74. The molecule has 178 valence electrons. The summed E-state index contributed by atoms with van der Waals surface area (Å²) in [4.78, 5) is 18.1. The summed E-state index contributed by atoms with van der Waals surface area (Å²) >= 11 is 0. The summed E-state index contributed by atoms with van der Waals surface area (Å²) in [5.41, 5.74) is 1.23. The van der Waals surface area contributed by atoms with Gasteiger partial charge in [0.05, 0.1) is 6.04 Å². The monoisotopic (exact) mass is 468 g/mol. The lowest BCUT2D eigenvalue weighted by molar-refractivity contribution is 0.0185. The maximum Gasteiger partial charge on any atom is 0.410 e. The zero-order chi connectivity index (χ0) is 24.2. The minimum Gasteiger partial charge on any atom is -0.444 e. The van der Waals surface area contributed by atoms with E-state index in [1.807, 2.05) is 27.0 Å². The number of fused-ring (bicyclic) bond motifs is 2. The number of likely N-dealkylation sites (tertiary alicyclic amines) is 1. The molecule has 1 saturated heterocycles. The van der Waals surface area contributed by atoms with Crippen molar-refractivity contribution in [3.05, 3.63) is 48.0 Å². The maximum atomic E-state index is 15.0. The lowest BCUT2D eigenvalue weighted by atomic mass is 10.0. The highest BCUT2D eigenvalue weighted by Crippen LogP contribution is 2.32. The van der Waals surface area contributed by atoms with E-state index < -0.39 is 17.2 Å². The lowest BCUT2D eigenvalue weighted by Gasteiger charge is -2.33. The van der Waals surface area contributed by atoms with Gasteiger partial charge in [0.25, 0.3) is 0 Å². The first-order chi connectivity index (χ1) is 16.1. The van der Waals surface area contributed by atoms with E-state index in [9.17, 15) is 13.6 Å². The van der Waals surface area contributed by atoms with Gasteiger partial charge in [0.15, 0.2) is 23.1 Å². The van der Waals surface area contributed by atoms with Crippen LogP contribution in [0.3, 0.4) is 0 Å². The minimum atomic E-state index is -0.539. The third-order valence-corrected chi connectivity index (χ3v) is 5.96. The van der Waals surface area contributed by atoms with E-state index >= 15 is 0 Å². The van der Waals surface area contributed by atoms with Crippen LogP contribution >= 0.6 is 0 Å². The van der Waals surface area contributed by atoms with Crippen LogP contribution in [0.5, 0.6) is 0 Å². The number of rotatable bonds is 2. The van der Waals surface area contributed by atoms with Gasteiger partial charge < -0.3 is 14.1 Å². The van der Waals surface area contributed by atoms with Crippen molar-refractivity contribution in [2.75, 3.05) is 13.1 Å². The van der Waals surface area contributed by atoms with Crippen LogP contribution in [0.4, 0.5) is 13.6 Å². The van der Waals surface area contributed by atoms with Crippen molar-refractivity contribution in [2.45, 2.75) is 52.2 Å². The molecule has 0 radical (unpaired) electrons. The van der Waals surface area contributed by atoms with Gasteiger partial charge >= 0.3 is 6.09 Å². The largest absolute Gasteiger partial charge is 0.444 e. The van der Waals surface area contributed by atoms with E-state index in [1.165, 1.54) is 12.1 Å². The Morgan fingerprint density at radius 3 is 2.38 bits per heavy atom. The smallest absolute Gasteiger partial charge is 0.410 e. The van der Waals surface area contributed by atoms with Crippen LogP contribution in [0, 0.1) is 18.6 Å². The molecule has 2 aromatic heterocycles. The number of halogens is 2. The highest BCUT2D eigenvalue weighted by molar-refractivity contribution is 5.87. The van der Waals surface area contributed by atoms with Crippen molar-refractivity contribution in [3.63, 3.8) is 0 Å². The summed E-state index contributed by atoms with van der Waals surface area (Å²) in [7, 11) is 0. The number of carbonyl (C=O) groups is 1. The Kier molecular flexibility index (Phi) is 5.30. The van der Waals surface area contributed by atoms with Crippen LogP contribution in [0.15, 0.2) is 34.9 Å². The molecule has 0 spiro atoms. The zero-order valence-corrected chi connectivity index (χ0v) is 19.6. The van der Waals surface area contributed by atoms with Gasteiger partial charge in [-0.15, -0.1) is 0 Å². The molecule has 1 aliphatic heterocycles. The number of benzene rings is 2. The SMILES string of the molecule is Cc1nc2c(F)cc(-c3cc(F)c4nn(C5CCN(C(=O)OC(C)(C)C)CC5)cc4c3)cc2o1. The van der Waals surface area contributed by atoms with Crippen molar-refractivity contribution < 1.29 is 22.7 Å². The highest BCUT2D eigenvalue weighted by atomic mass is 19.1. The van der Waals surface area contributed by atoms with Gasteiger partial charge in [0, 0.05) is 31.6 Å². The Morgan fingerprint density at radius 1 is 1.06 bits per heavy atom. The van der Waals surface area contributed by atoms with Crippen molar-refractivity contribution in [1.82, 2.24) is 19.7 Å². The quantitative estimate of drug-likeness (QED) is 0.361. The Bertz CT molecular complexity index is 1390. The third kappa shape index (κ3) is 4.22. The molecular weight excluding hydrogens is 442 g/mol. The number of aromatic nitrogens is 3. The van der Waals surface area contributed by atoms with Crippen molar-refractivity contribution in [2.24, 2.45) is 0 Å². The number of aryl methyl sites for hydroxylation is 1. The predicted octanol–water partition coefficient (Wildman–Crippen LogP) is 6.00. The van der Waals surface area contributed by atoms with E-state index in [4.69, 9.17) is 9.15 Å². The van der Waals surface area contributed by atoms with Gasteiger partial charge in [0.1, 0.15) is 16.6 Å². The van der Waals surface area contributed by atoms with Crippen LogP contribution < -0.4 is 0 Å². The summed E-state index contributed by atoms with van der Waals surface area (Å²) in [6.07, 6.45) is 2.87. The van der Waals surface area contributed by atoms with Crippen molar-refractivity contribution in [1.29, 1.82) is 0 Å². The van der Waals surface area contributed by atoms with Crippen molar-refractivity contribution in [3.8, 4) is 11.1 Å². The molecule has 2 aromatic carbocycles. The van der Waals surface area contributed by atoms with E-state index in [1.54, 1.807) is 28.6 Å². The number of hydrogen-bond donors (Lipinski definition) is 0. The van der Waals surface area contributed by atoms with E-state index in [0.717, 1.165) is 0 Å². The summed E-state index contributed by atoms with van der Waals surface area (Å²) in [5.74, 6) is -0.629. The standard InChI is InChI=1S/C25H26F2N4O3/c1-14-28-23-20(27)11-16(12-21(23)33-14)15-9-17-13-31(29-22(17)19(26)10-15)18-5-7-30(8-6-18)24(32)34-25(2,3)4/h9-13,18H,5-8H2,1-4H3. The first-order valence-electron chi connectivity index (χ1n) is 11.3. The molecule has 4 aromatic rings. The fourth-order valence-electron chi connectivity index (χ4n) is 4.37. The molecule has 7 nitrogen and oxygen atoms in total. The second-order valence-electron chi connectivity index (χ2n) is 9.74. The van der Waals surface area contributed by atoms with E-state index in [-0.39, 0.29) is 23.2 Å². The molecule has 0 aliphatic carbocycles. The fraction of sp³-hybridized carbons (Fsp3) is 0.400. The molecule has 0 unspecified atom stereocenters. The van der Waals surface area contributed by atoms with Gasteiger partial charge in [-0.1, -0.05) is 0 Å². The van der Waals surface area contributed by atoms with Gasteiger partial charge in [-0.2, -0.15) is 5.10 Å². The second kappa shape index (κ2) is 8.07. The molecule has 9 heteroatoms. The Labute approximate surface area is 195 Å². The lowest BCUT2D eigenvalue weighted by Crippen LogP contribution is -2.42. The topological polar surface area (TPSA) is 73.4 Å². The molecule has 5 rings (SSSR count). The number of amides is 1. The molecule has 0 bridgehead atoms. The highest BCUT2D eigenvalue weighted by Gasteiger charge is 2.28. The molecule has 0 saturated carbocycles. The van der Waals surface area contributed by atoms with Crippen LogP contribution in [0.2, 0.25) is 0 Å².